The first kappa shape index (κ1) is 19.1. The summed E-state index contributed by atoms with van der Waals surface area (Å²) in [7, 11) is -3.55. The molecule has 0 bridgehead atoms. The maximum Gasteiger partial charge on any atom is 0.240 e. The topological polar surface area (TPSA) is 58.6 Å². The number of nitrogens with one attached hydrogen (secondary N) is 1. The molecule has 0 radical (unpaired) electrons. The minimum Gasteiger partial charge on any atom is -0.379 e. The molecule has 1 heterocycles. The summed E-state index contributed by atoms with van der Waals surface area (Å²) < 4.78 is 33.4. The van der Waals surface area contributed by atoms with E-state index < -0.39 is 10.0 Å². The zero-order chi connectivity index (χ0) is 19.4. The molecule has 0 amide bonds. The smallest absolute Gasteiger partial charge is 0.240 e. The molecular weight excluding hydrogens is 372 g/mol. The van der Waals surface area contributed by atoms with Gasteiger partial charge >= 0.3 is 0 Å². The number of fused-ring (bicyclic) bond motifs is 1. The number of hydrogen-bond acceptors (Lipinski definition) is 4. The predicted octanol–water partition coefficient (Wildman–Crippen LogP) is 3.15. The lowest BCUT2D eigenvalue weighted by molar-refractivity contribution is 0.0342. The minimum atomic E-state index is -3.55. The third kappa shape index (κ3) is 4.59. The second-order valence-corrected chi connectivity index (χ2v) is 8.81. The van der Waals surface area contributed by atoms with Gasteiger partial charge < -0.3 is 4.74 Å². The molecule has 4 rings (SSSR count). The molecule has 0 aromatic heterocycles. The Morgan fingerprint density at radius 1 is 0.857 bits per heavy atom. The molecule has 1 aliphatic rings. The van der Waals surface area contributed by atoms with Crippen molar-refractivity contribution in [2.75, 3.05) is 26.3 Å². The molecule has 0 saturated carbocycles. The summed E-state index contributed by atoms with van der Waals surface area (Å²) in [4.78, 5) is 2.65. The van der Waals surface area contributed by atoms with Crippen molar-refractivity contribution in [3.8, 4) is 0 Å². The average molecular weight is 397 g/mol. The molecule has 0 spiro atoms. The lowest BCUT2D eigenvalue weighted by Gasteiger charge is -2.26. The zero-order valence-corrected chi connectivity index (χ0v) is 16.5. The van der Waals surface area contributed by atoms with Crippen LogP contribution in [0.4, 0.5) is 0 Å². The Morgan fingerprint density at radius 3 is 2.29 bits per heavy atom. The average Bonchev–Trinajstić information content (AvgIpc) is 2.74. The summed E-state index contributed by atoms with van der Waals surface area (Å²) in [6.07, 6.45) is 0. The van der Waals surface area contributed by atoms with Crippen LogP contribution in [0, 0.1) is 0 Å². The Hall–Kier alpha value is -2.25. The first-order valence-corrected chi connectivity index (χ1v) is 10.9. The number of rotatable bonds is 6. The van der Waals surface area contributed by atoms with Crippen molar-refractivity contribution in [2.24, 2.45) is 0 Å². The van der Waals surface area contributed by atoms with Crippen LogP contribution in [-0.4, -0.2) is 39.6 Å². The largest absolute Gasteiger partial charge is 0.379 e. The Balaban J connectivity index is 1.39. The normalized spacial score (nSPS) is 15.7. The second-order valence-electron chi connectivity index (χ2n) is 7.04. The van der Waals surface area contributed by atoms with E-state index in [1.54, 1.807) is 12.1 Å². The van der Waals surface area contributed by atoms with Crippen molar-refractivity contribution in [3.63, 3.8) is 0 Å². The maximum absolute atomic E-state index is 12.6. The van der Waals surface area contributed by atoms with E-state index >= 15 is 0 Å². The van der Waals surface area contributed by atoms with Crippen molar-refractivity contribution in [1.29, 1.82) is 0 Å². The van der Waals surface area contributed by atoms with Gasteiger partial charge in [0.15, 0.2) is 0 Å². The van der Waals surface area contributed by atoms with E-state index in [4.69, 9.17) is 4.74 Å². The Bertz CT molecular complexity index is 1040. The van der Waals surface area contributed by atoms with Gasteiger partial charge in [-0.2, -0.15) is 0 Å². The van der Waals surface area contributed by atoms with Crippen molar-refractivity contribution in [2.45, 2.75) is 18.0 Å². The molecule has 28 heavy (non-hydrogen) atoms. The highest BCUT2D eigenvalue weighted by Gasteiger charge is 2.14. The third-order valence-electron chi connectivity index (χ3n) is 5.03. The maximum atomic E-state index is 12.6. The molecule has 146 valence electrons. The summed E-state index contributed by atoms with van der Waals surface area (Å²) in [5, 5.41) is 1.94. The van der Waals surface area contributed by atoms with Crippen LogP contribution in [-0.2, 0) is 27.8 Å². The van der Waals surface area contributed by atoms with Gasteiger partial charge in [0, 0.05) is 26.2 Å². The number of ether oxygens (including phenoxy) is 1. The van der Waals surface area contributed by atoms with Crippen LogP contribution in [0.1, 0.15) is 11.1 Å². The van der Waals surface area contributed by atoms with Crippen LogP contribution in [0.5, 0.6) is 0 Å². The monoisotopic (exact) mass is 396 g/mol. The fourth-order valence-electron chi connectivity index (χ4n) is 3.38. The standard InChI is InChI=1S/C22H24N2O3S/c25-28(26,22-10-9-20-3-1-2-4-21(20)15-22)23-16-18-5-7-19(8-6-18)17-24-11-13-27-14-12-24/h1-10,15,23H,11-14,16-17H2. The fourth-order valence-corrected chi connectivity index (χ4v) is 4.43. The van der Waals surface area contributed by atoms with E-state index in [0.29, 0.717) is 0 Å². The molecule has 1 N–H and O–H groups in total. The highest BCUT2D eigenvalue weighted by Crippen LogP contribution is 2.19. The van der Waals surface area contributed by atoms with Gasteiger partial charge in [0.05, 0.1) is 18.1 Å². The molecule has 0 unspecified atom stereocenters. The third-order valence-corrected chi connectivity index (χ3v) is 6.43. The summed E-state index contributed by atoms with van der Waals surface area (Å²) in [5.74, 6) is 0. The van der Waals surface area contributed by atoms with Crippen LogP contribution in [0.25, 0.3) is 10.8 Å². The van der Waals surface area contributed by atoms with E-state index in [0.717, 1.165) is 49.2 Å². The molecular formula is C22H24N2O3S. The fraction of sp³-hybridized carbons (Fsp3) is 0.273. The van der Waals surface area contributed by atoms with Crippen molar-refractivity contribution < 1.29 is 13.2 Å². The van der Waals surface area contributed by atoms with Gasteiger partial charge in [-0.1, -0.05) is 54.6 Å². The SMILES string of the molecule is O=S(=O)(NCc1ccc(CN2CCOCC2)cc1)c1ccc2ccccc2c1. The number of sulfonamides is 1. The van der Waals surface area contributed by atoms with Gasteiger partial charge in [-0.3, -0.25) is 4.90 Å². The summed E-state index contributed by atoms with van der Waals surface area (Å²) >= 11 is 0. The number of morpholine rings is 1. The summed E-state index contributed by atoms with van der Waals surface area (Å²) in [6, 6.07) is 21.0. The number of nitrogens with zero attached hydrogens (tertiary/aromatic N) is 1. The molecule has 5 nitrogen and oxygen atoms in total. The Morgan fingerprint density at radius 2 is 1.54 bits per heavy atom. The van der Waals surface area contributed by atoms with Gasteiger partial charge in [0.1, 0.15) is 0 Å². The summed E-state index contributed by atoms with van der Waals surface area (Å²) in [5.41, 5.74) is 2.16. The van der Waals surface area contributed by atoms with Crippen molar-refractivity contribution in [3.05, 3.63) is 77.9 Å². The number of benzene rings is 3. The Labute approximate surface area is 166 Å². The zero-order valence-electron chi connectivity index (χ0n) is 15.7. The van der Waals surface area contributed by atoms with E-state index in [1.165, 1.54) is 5.56 Å². The van der Waals surface area contributed by atoms with E-state index in [-0.39, 0.29) is 11.4 Å². The van der Waals surface area contributed by atoms with E-state index in [1.807, 2.05) is 42.5 Å². The lowest BCUT2D eigenvalue weighted by atomic mass is 10.1. The predicted molar refractivity (Wildman–Crippen MR) is 111 cm³/mol. The highest BCUT2D eigenvalue weighted by atomic mass is 32.2. The molecule has 6 heteroatoms. The van der Waals surface area contributed by atoms with E-state index in [2.05, 4.69) is 21.8 Å². The van der Waals surface area contributed by atoms with Crippen LogP contribution in [0.3, 0.4) is 0 Å². The lowest BCUT2D eigenvalue weighted by Crippen LogP contribution is -2.35. The van der Waals surface area contributed by atoms with Crippen LogP contribution in [0.2, 0.25) is 0 Å². The van der Waals surface area contributed by atoms with Crippen molar-refractivity contribution >= 4 is 20.8 Å². The van der Waals surface area contributed by atoms with Crippen molar-refractivity contribution in [1.82, 2.24) is 9.62 Å². The van der Waals surface area contributed by atoms with Crippen LogP contribution < -0.4 is 4.72 Å². The molecule has 0 atom stereocenters. The molecule has 1 fully saturated rings. The van der Waals surface area contributed by atoms with Crippen LogP contribution in [0.15, 0.2) is 71.6 Å². The van der Waals surface area contributed by atoms with Gasteiger partial charge in [-0.15, -0.1) is 0 Å². The quantitative estimate of drug-likeness (QED) is 0.695. The minimum absolute atomic E-state index is 0.271. The molecule has 3 aromatic rings. The van der Waals surface area contributed by atoms with Gasteiger partial charge in [-0.05, 0) is 34.0 Å². The first-order valence-electron chi connectivity index (χ1n) is 9.47. The Kier molecular flexibility index (Phi) is 5.73. The molecule has 0 aliphatic carbocycles. The van der Waals surface area contributed by atoms with Gasteiger partial charge in [0.2, 0.25) is 10.0 Å². The number of hydrogen-bond donors (Lipinski definition) is 1. The second kappa shape index (κ2) is 8.41. The molecule has 3 aromatic carbocycles. The van der Waals surface area contributed by atoms with E-state index in [9.17, 15) is 8.42 Å². The van der Waals surface area contributed by atoms with Gasteiger partial charge in [-0.25, -0.2) is 13.1 Å². The molecule has 1 aliphatic heterocycles. The molecule has 1 saturated heterocycles. The van der Waals surface area contributed by atoms with Crippen LogP contribution >= 0.6 is 0 Å². The first-order chi connectivity index (χ1) is 13.6. The highest BCUT2D eigenvalue weighted by molar-refractivity contribution is 7.89. The van der Waals surface area contributed by atoms with Gasteiger partial charge in [0.25, 0.3) is 0 Å². The summed E-state index contributed by atoms with van der Waals surface area (Å²) in [6.45, 7) is 4.64.